The van der Waals surface area contributed by atoms with E-state index < -0.39 is 5.60 Å². The van der Waals surface area contributed by atoms with Crippen LogP contribution in [0.4, 0.5) is 5.13 Å². The summed E-state index contributed by atoms with van der Waals surface area (Å²) in [5.41, 5.74) is 9.11. The van der Waals surface area contributed by atoms with E-state index in [4.69, 9.17) is 10.5 Å². The van der Waals surface area contributed by atoms with Crippen molar-refractivity contribution in [2.45, 2.75) is 24.9 Å². The zero-order chi connectivity index (χ0) is 17.2. The lowest BCUT2D eigenvalue weighted by atomic mass is 9.81. The number of rotatable bonds is 6. The first-order valence-electron chi connectivity index (χ1n) is 7.76. The lowest BCUT2D eigenvalue weighted by Gasteiger charge is -2.30. The van der Waals surface area contributed by atoms with E-state index in [-0.39, 0.29) is 5.92 Å². The minimum atomic E-state index is -0.473. The molecule has 4 nitrogen and oxygen atoms in total. The van der Waals surface area contributed by atoms with Gasteiger partial charge in [0, 0.05) is 24.0 Å². The molecule has 0 bridgehead atoms. The van der Waals surface area contributed by atoms with E-state index in [1.165, 1.54) is 11.3 Å². The van der Waals surface area contributed by atoms with Gasteiger partial charge in [-0.25, -0.2) is 4.98 Å². The number of nitrogens with two attached hydrogens (primary N) is 1. The molecule has 0 fully saturated rings. The van der Waals surface area contributed by atoms with Crippen LogP contribution in [0, 0.1) is 0 Å². The van der Waals surface area contributed by atoms with Crippen molar-refractivity contribution in [3.8, 4) is 0 Å². The summed E-state index contributed by atoms with van der Waals surface area (Å²) in [5.74, 6) is -0.000370. The Labute approximate surface area is 145 Å². The normalized spacial score (nSPS) is 20.8. The second kappa shape index (κ2) is 6.71. The predicted octanol–water partition coefficient (Wildman–Crippen LogP) is 3.77. The molecule has 124 valence electrons. The number of aromatic nitrogens is 1. The van der Waals surface area contributed by atoms with Crippen LogP contribution < -0.4 is 5.73 Å². The second-order valence-electron chi connectivity index (χ2n) is 5.98. The highest BCUT2D eigenvalue weighted by molar-refractivity contribution is 7.13. The molecule has 2 N–H and O–H groups in total. The number of hydrogen-bond donors (Lipinski definition) is 1. The summed E-state index contributed by atoms with van der Waals surface area (Å²) in [4.78, 5) is 15.9. The van der Waals surface area contributed by atoms with Crippen LogP contribution in [0.15, 0.2) is 53.4 Å². The van der Waals surface area contributed by atoms with Crippen molar-refractivity contribution in [3.63, 3.8) is 0 Å². The molecule has 0 aliphatic heterocycles. The first kappa shape index (κ1) is 16.6. The van der Waals surface area contributed by atoms with Crippen LogP contribution in [0.5, 0.6) is 0 Å². The Morgan fingerprint density at radius 1 is 1.42 bits per heavy atom. The highest BCUT2D eigenvalue weighted by Crippen LogP contribution is 2.41. The van der Waals surface area contributed by atoms with E-state index in [0.29, 0.717) is 17.1 Å². The Bertz CT molecular complexity index is 809. The van der Waals surface area contributed by atoms with Gasteiger partial charge in [0.1, 0.15) is 11.9 Å². The number of carbonyl (C=O) groups is 1. The van der Waals surface area contributed by atoms with E-state index in [0.717, 1.165) is 23.1 Å². The van der Waals surface area contributed by atoms with E-state index in [2.05, 4.69) is 11.1 Å². The van der Waals surface area contributed by atoms with E-state index >= 15 is 0 Å². The number of methoxy groups -OCH3 is 1. The molecule has 1 heterocycles. The van der Waals surface area contributed by atoms with Crippen LogP contribution in [0.25, 0.3) is 0 Å². The van der Waals surface area contributed by atoms with Crippen molar-refractivity contribution in [1.29, 1.82) is 0 Å². The third kappa shape index (κ3) is 3.05. The number of anilines is 1. The fraction of sp³-hybridized carbons (Fsp3) is 0.263. The molecular formula is C19H20N2O2S. The van der Waals surface area contributed by atoms with Crippen molar-refractivity contribution in [2.75, 3.05) is 12.8 Å². The van der Waals surface area contributed by atoms with Crippen LogP contribution in [0.2, 0.25) is 0 Å². The van der Waals surface area contributed by atoms with Gasteiger partial charge >= 0.3 is 0 Å². The topological polar surface area (TPSA) is 65.2 Å². The number of nitrogen functional groups attached to an aromatic ring is 1. The molecule has 1 aromatic heterocycles. The first-order chi connectivity index (χ1) is 11.6. The Morgan fingerprint density at radius 3 is 2.88 bits per heavy atom. The molecule has 0 radical (unpaired) electrons. The Morgan fingerprint density at radius 2 is 2.21 bits per heavy atom. The minimum absolute atomic E-state index is 0.000370. The van der Waals surface area contributed by atoms with Crippen molar-refractivity contribution in [1.82, 2.24) is 4.98 Å². The molecular weight excluding hydrogens is 320 g/mol. The SMILES string of the molecule is COC1(C)C=CC=C1C(Cc1ccccc1C=O)c1csc(N)n1. The number of aldehydes is 1. The van der Waals surface area contributed by atoms with Gasteiger partial charge in [-0.15, -0.1) is 11.3 Å². The number of nitrogens with zero attached hydrogens (tertiary/aromatic N) is 1. The number of ether oxygens (including phenoxy) is 1. The molecule has 1 aliphatic rings. The minimum Gasteiger partial charge on any atom is -0.375 e. The molecule has 2 aromatic rings. The third-order valence-electron chi connectivity index (χ3n) is 4.57. The lowest BCUT2D eigenvalue weighted by Crippen LogP contribution is -2.29. The first-order valence-corrected chi connectivity index (χ1v) is 8.64. The number of carbonyl (C=O) groups excluding carboxylic acids is 1. The molecule has 0 saturated heterocycles. The number of allylic oxidation sites excluding steroid dienone is 2. The van der Waals surface area contributed by atoms with Gasteiger partial charge in [0.05, 0.1) is 5.69 Å². The Kier molecular flexibility index (Phi) is 4.64. The fourth-order valence-corrected chi connectivity index (χ4v) is 3.75. The van der Waals surface area contributed by atoms with Gasteiger partial charge in [0.15, 0.2) is 5.13 Å². The summed E-state index contributed by atoms with van der Waals surface area (Å²) in [6, 6.07) is 7.65. The smallest absolute Gasteiger partial charge is 0.180 e. The summed E-state index contributed by atoms with van der Waals surface area (Å²) in [6.07, 6.45) is 7.69. The monoisotopic (exact) mass is 340 g/mol. The highest BCUT2D eigenvalue weighted by atomic mass is 32.1. The van der Waals surface area contributed by atoms with Crippen LogP contribution in [-0.2, 0) is 11.2 Å². The van der Waals surface area contributed by atoms with Crippen LogP contribution in [-0.4, -0.2) is 24.0 Å². The molecule has 0 saturated carbocycles. The number of thiazole rings is 1. The summed E-state index contributed by atoms with van der Waals surface area (Å²) >= 11 is 1.43. The maximum Gasteiger partial charge on any atom is 0.180 e. The van der Waals surface area contributed by atoms with Crippen molar-refractivity contribution in [2.24, 2.45) is 0 Å². The van der Waals surface area contributed by atoms with Crippen molar-refractivity contribution < 1.29 is 9.53 Å². The molecule has 2 atom stereocenters. The molecule has 5 heteroatoms. The summed E-state index contributed by atoms with van der Waals surface area (Å²) in [7, 11) is 1.70. The van der Waals surface area contributed by atoms with E-state index in [9.17, 15) is 4.79 Å². The summed E-state index contributed by atoms with van der Waals surface area (Å²) in [6.45, 7) is 2.04. The quantitative estimate of drug-likeness (QED) is 0.813. The number of benzene rings is 1. The summed E-state index contributed by atoms with van der Waals surface area (Å²) < 4.78 is 5.73. The average Bonchev–Trinajstić information content (AvgIpc) is 3.19. The third-order valence-corrected chi connectivity index (χ3v) is 5.26. The largest absolute Gasteiger partial charge is 0.375 e. The lowest BCUT2D eigenvalue weighted by molar-refractivity contribution is 0.0773. The van der Waals surface area contributed by atoms with Gasteiger partial charge in [-0.1, -0.05) is 36.4 Å². The zero-order valence-corrected chi connectivity index (χ0v) is 14.5. The molecule has 1 aromatic carbocycles. The highest BCUT2D eigenvalue weighted by Gasteiger charge is 2.35. The molecule has 3 rings (SSSR count). The number of hydrogen-bond acceptors (Lipinski definition) is 5. The van der Waals surface area contributed by atoms with Gasteiger partial charge in [-0.05, 0) is 30.6 Å². The maximum absolute atomic E-state index is 11.4. The van der Waals surface area contributed by atoms with Gasteiger partial charge in [-0.3, -0.25) is 4.79 Å². The zero-order valence-electron chi connectivity index (χ0n) is 13.7. The van der Waals surface area contributed by atoms with Crippen LogP contribution in [0.3, 0.4) is 0 Å². The van der Waals surface area contributed by atoms with Gasteiger partial charge < -0.3 is 10.5 Å². The maximum atomic E-state index is 11.4. The molecule has 0 amide bonds. The van der Waals surface area contributed by atoms with Crippen LogP contribution in [0.1, 0.15) is 34.5 Å². The second-order valence-corrected chi connectivity index (χ2v) is 6.87. The molecule has 0 spiro atoms. The fourth-order valence-electron chi connectivity index (χ4n) is 3.13. The van der Waals surface area contributed by atoms with Gasteiger partial charge in [0.2, 0.25) is 0 Å². The molecule has 1 aliphatic carbocycles. The average molecular weight is 340 g/mol. The van der Waals surface area contributed by atoms with Crippen molar-refractivity contribution >= 4 is 22.8 Å². The molecule has 2 unspecified atom stereocenters. The standard InChI is InChI=1S/C19H20N2O2S/c1-19(23-2)9-5-8-16(19)15(17-12-24-18(20)21-17)10-13-6-3-4-7-14(13)11-22/h3-9,11-12,15H,10H2,1-2H3,(H2,20,21). The van der Waals surface area contributed by atoms with Crippen molar-refractivity contribution in [3.05, 3.63) is 70.3 Å². The summed E-state index contributed by atoms with van der Waals surface area (Å²) in [5, 5.41) is 2.53. The van der Waals surface area contributed by atoms with E-state index in [1.807, 2.05) is 48.7 Å². The van der Waals surface area contributed by atoms with E-state index in [1.54, 1.807) is 7.11 Å². The molecule has 24 heavy (non-hydrogen) atoms. The Hall–Kier alpha value is -2.24. The van der Waals surface area contributed by atoms with Crippen LogP contribution >= 0.6 is 11.3 Å². The Balaban J connectivity index is 2.02. The van der Waals surface area contributed by atoms with Gasteiger partial charge in [0.25, 0.3) is 0 Å². The van der Waals surface area contributed by atoms with Gasteiger partial charge in [-0.2, -0.15) is 0 Å². The predicted molar refractivity (Wildman–Crippen MR) is 97.4 cm³/mol.